The molecule has 20 heavy (non-hydrogen) atoms. The molecule has 0 amide bonds. The Hall–Kier alpha value is -1.88. The molecule has 0 saturated heterocycles. The second kappa shape index (κ2) is 6.05. The summed E-state index contributed by atoms with van der Waals surface area (Å²) in [5.74, 6) is 0.862. The fourth-order valence-electron chi connectivity index (χ4n) is 2.05. The minimum Gasteiger partial charge on any atom is -0.439 e. The Morgan fingerprint density at radius 3 is 2.80 bits per heavy atom. The monoisotopic (exact) mass is 277 g/mol. The van der Waals surface area contributed by atoms with Crippen LogP contribution in [0.15, 0.2) is 18.2 Å². The van der Waals surface area contributed by atoms with Crippen molar-refractivity contribution in [1.82, 2.24) is 15.1 Å². The van der Waals surface area contributed by atoms with E-state index in [1.165, 1.54) is 12.1 Å². The quantitative estimate of drug-likeness (QED) is 0.913. The average Bonchev–Trinajstić information content (AvgIpc) is 2.66. The Labute approximate surface area is 118 Å². The highest BCUT2D eigenvalue weighted by Gasteiger charge is 2.16. The highest BCUT2D eigenvalue weighted by Crippen LogP contribution is 2.29. The van der Waals surface area contributed by atoms with Gasteiger partial charge in [-0.2, -0.15) is 5.10 Å². The van der Waals surface area contributed by atoms with Crippen molar-refractivity contribution in [2.24, 2.45) is 7.05 Å². The first-order valence-corrected chi connectivity index (χ1v) is 6.70. The molecule has 0 aliphatic rings. The van der Waals surface area contributed by atoms with E-state index in [0.717, 1.165) is 23.4 Å². The predicted octanol–water partition coefficient (Wildman–Crippen LogP) is 3.08. The number of rotatable bonds is 5. The van der Waals surface area contributed by atoms with Crippen molar-refractivity contribution in [3.05, 3.63) is 40.8 Å². The zero-order valence-electron chi connectivity index (χ0n) is 12.3. The first-order valence-electron chi connectivity index (χ1n) is 6.70. The van der Waals surface area contributed by atoms with E-state index in [9.17, 15) is 4.39 Å². The summed E-state index contributed by atoms with van der Waals surface area (Å²) in [4.78, 5) is 0. The molecule has 2 rings (SSSR count). The molecule has 108 valence electrons. The van der Waals surface area contributed by atoms with Crippen molar-refractivity contribution in [1.29, 1.82) is 0 Å². The fraction of sp³-hybridized carbons (Fsp3) is 0.400. The number of nitrogens with zero attached hydrogens (tertiary/aromatic N) is 2. The van der Waals surface area contributed by atoms with Crippen LogP contribution in [0.25, 0.3) is 0 Å². The van der Waals surface area contributed by atoms with E-state index >= 15 is 0 Å². The number of benzene rings is 1. The van der Waals surface area contributed by atoms with Crippen molar-refractivity contribution >= 4 is 0 Å². The van der Waals surface area contributed by atoms with Gasteiger partial charge >= 0.3 is 0 Å². The standard InChI is InChI=1S/C15H20FN3O/c1-5-17-9-13-11(3)18-19(4)15(13)20-14-8-12(16)7-6-10(14)2/h6-8,17H,5,9H2,1-4H3. The molecule has 0 atom stereocenters. The van der Waals surface area contributed by atoms with Crippen LogP contribution in [0, 0.1) is 19.7 Å². The Balaban J connectivity index is 2.35. The highest BCUT2D eigenvalue weighted by molar-refractivity contribution is 5.39. The van der Waals surface area contributed by atoms with Crippen LogP contribution >= 0.6 is 0 Å². The summed E-state index contributed by atoms with van der Waals surface area (Å²) in [6.45, 7) is 7.43. The Bertz CT molecular complexity index is 607. The van der Waals surface area contributed by atoms with E-state index in [2.05, 4.69) is 10.4 Å². The number of hydrogen-bond donors (Lipinski definition) is 1. The van der Waals surface area contributed by atoms with Crippen LogP contribution in [0.2, 0.25) is 0 Å². The molecule has 0 radical (unpaired) electrons. The maximum atomic E-state index is 13.3. The summed E-state index contributed by atoms with van der Waals surface area (Å²) in [5, 5.41) is 7.63. The van der Waals surface area contributed by atoms with Gasteiger partial charge in [-0.1, -0.05) is 13.0 Å². The molecule has 1 heterocycles. The second-order valence-corrected chi connectivity index (χ2v) is 4.78. The number of nitrogens with one attached hydrogen (secondary N) is 1. The molecule has 0 aliphatic carbocycles. The third kappa shape index (κ3) is 2.99. The molecule has 0 fully saturated rings. The van der Waals surface area contributed by atoms with Gasteiger partial charge in [0.1, 0.15) is 11.6 Å². The summed E-state index contributed by atoms with van der Waals surface area (Å²) in [6.07, 6.45) is 0. The summed E-state index contributed by atoms with van der Waals surface area (Å²) < 4.78 is 20.9. The van der Waals surface area contributed by atoms with Crippen molar-refractivity contribution in [3.8, 4) is 11.6 Å². The molecule has 4 nitrogen and oxygen atoms in total. The molecular formula is C15H20FN3O. The maximum absolute atomic E-state index is 13.3. The van der Waals surface area contributed by atoms with Crippen LogP contribution in [-0.4, -0.2) is 16.3 Å². The van der Waals surface area contributed by atoms with Crippen LogP contribution in [0.1, 0.15) is 23.7 Å². The fourth-order valence-corrected chi connectivity index (χ4v) is 2.05. The lowest BCUT2D eigenvalue weighted by Crippen LogP contribution is -2.13. The molecule has 0 bridgehead atoms. The van der Waals surface area contributed by atoms with Gasteiger partial charge in [-0.15, -0.1) is 0 Å². The van der Waals surface area contributed by atoms with Crippen LogP contribution in [0.5, 0.6) is 11.6 Å². The topological polar surface area (TPSA) is 39.1 Å². The number of halogens is 1. The summed E-state index contributed by atoms with van der Waals surface area (Å²) >= 11 is 0. The molecule has 2 aromatic rings. The van der Waals surface area contributed by atoms with Crippen molar-refractivity contribution in [2.45, 2.75) is 27.3 Å². The lowest BCUT2D eigenvalue weighted by atomic mass is 10.2. The predicted molar refractivity (Wildman–Crippen MR) is 76.5 cm³/mol. The van der Waals surface area contributed by atoms with E-state index in [0.29, 0.717) is 18.2 Å². The highest BCUT2D eigenvalue weighted by atomic mass is 19.1. The maximum Gasteiger partial charge on any atom is 0.222 e. The van der Waals surface area contributed by atoms with Gasteiger partial charge in [0, 0.05) is 19.7 Å². The molecule has 5 heteroatoms. The average molecular weight is 277 g/mol. The molecule has 1 N–H and O–H groups in total. The lowest BCUT2D eigenvalue weighted by Gasteiger charge is -2.11. The van der Waals surface area contributed by atoms with Gasteiger partial charge in [-0.05, 0) is 32.0 Å². The van der Waals surface area contributed by atoms with Crippen LogP contribution in [0.3, 0.4) is 0 Å². The minimum atomic E-state index is -0.308. The van der Waals surface area contributed by atoms with Crippen LogP contribution in [-0.2, 0) is 13.6 Å². The van der Waals surface area contributed by atoms with E-state index in [4.69, 9.17) is 4.74 Å². The largest absolute Gasteiger partial charge is 0.439 e. The lowest BCUT2D eigenvalue weighted by molar-refractivity contribution is 0.418. The SMILES string of the molecule is CCNCc1c(C)nn(C)c1Oc1cc(F)ccc1C. The second-order valence-electron chi connectivity index (χ2n) is 4.78. The Morgan fingerprint density at radius 1 is 1.35 bits per heavy atom. The number of aromatic nitrogens is 2. The summed E-state index contributed by atoms with van der Waals surface area (Å²) in [5.41, 5.74) is 2.80. The van der Waals surface area contributed by atoms with E-state index < -0.39 is 0 Å². The van der Waals surface area contributed by atoms with Gasteiger partial charge < -0.3 is 10.1 Å². The summed E-state index contributed by atoms with van der Waals surface area (Å²) in [6, 6.07) is 4.53. The first-order chi connectivity index (χ1) is 9.52. The van der Waals surface area contributed by atoms with Crippen LogP contribution < -0.4 is 10.1 Å². The van der Waals surface area contributed by atoms with Gasteiger partial charge in [-0.3, -0.25) is 0 Å². The third-order valence-electron chi connectivity index (χ3n) is 3.20. The van der Waals surface area contributed by atoms with Gasteiger partial charge in [0.15, 0.2) is 0 Å². The van der Waals surface area contributed by atoms with Crippen molar-refractivity contribution < 1.29 is 9.13 Å². The van der Waals surface area contributed by atoms with Gasteiger partial charge in [0.25, 0.3) is 0 Å². The Morgan fingerprint density at radius 2 is 2.10 bits per heavy atom. The molecule has 1 aromatic heterocycles. The molecule has 0 unspecified atom stereocenters. The van der Waals surface area contributed by atoms with Gasteiger partial charge in [0.2, 0.25) is 5.88 Å². The third-order valence-corrected chi connectivity index (χ3v) is 3.20. The normalized spacial score (nSPS) is 10.8. The first kappa shape index (κ1) is 14.5. The number of ether oxygens (including phenoxy) is 1. The molecular weight excluding hydrogens is 257 g/mol. The van der Waals surface area contributed by atoms with Crippen molar-refractivity contribution in [2.75, 3.05) is 6.54 Å². The van der Waals surface area contributed by atoms with Gasteiger partial charge in [-0.25, -0.2) is 9.07 Å². The number of aryl methyl sites for hydroxylation is 3. The zero-order valence-corrected chi connectivity index (χ0v) is 12.3. The van der Waals surface area contributed by atoms with E-state index in [1.54, 1.807) is 10.7 Å². The molecule has 1 aromatic carbocycles. The van der Waals surface area contributed by atoms with Crippen LogP contribution in [0.4, 0.5) is 4.39 Å². The summed E-state index contributed by atoms with van der Waals surface area (Å²) in [7, 11) is 1.83. The Kier molecular flexibility index (Phi) is 4.39. The van der Waals surface area contributed by atoms with E-state index in [1.807, 2.05) is 27.8 Å². The smallest absolute Gasteiger partial charge is 0.222 e. The number of hydrogen-bond acceptors (Lipinski definition) is 3. The zero-order chi connectivity index (χ0) is 14.7. The molecule has 0 spiro atoms. The van der Waals surface area contributed by atoms with E-state index in [-0.39, 0.29) is 5.82 Å². The van der Waals surface area contributed by atoms with Gasteiger partial charge in [0.05, 0.1) is 11.3 Å². The molecule has 0 saturated carbocycles. The molecule has 0 aliphatic heterocycles. The minimum absolute atomic E-state index is 0.308. The van der Waals surface area contributed by atoms with Crippen molar-refractivity contribution in [3.63, 3.8) is 0 Å².